The molecule has 0 radical (unpaired) electrons. The minimum atomic E-state index is -1.22. The van der Waals surface area contributed by atoms with Crippen molar-refractivity contribution in [3.8, 4) is 0 Å². The van der Waals surface area contributed by atoms with Gasteiger partial charge in [-0.25, -0.2) is 0 Å². The molecule has 5 heteroatoms. The molecule has 1 saturated carbocycles. The average molecular weight is 222 g/mol. The van der Waals surface area contributed by atoms with E-state index in [9.17, 15) is 19.5 Å². The first-order valence-corrected chi connectivity index (χ1v) is 5.24. The highest BCUT2D eigenvalue weighted by molar-refractivity contribution is 6.01. The minimum absolute atomic E-state index is 0.0369. The topological polar surface area (TPSA) is 80.7 Å². The maximum Gasteiger partial charge on any atom is 0.318 e. The lowest BCUT2D eigenvalue weighted by molar-refractivity contribution is -0.161. The van der Waals surface area contributed by atoms with Crippen molar-refractivity contribution in [3.05, 3.63) is 12.2 Å². The highest BCUT2D eigenvalue weighted by atomic mass is 16.6. The predicted molar refractivity (Wildman–Crippen MR) is 50.0 cm³/mol. The molecule has 4 aliphatic rings. The fourth-order valence-corrected chi connectivity index (χ4v) is 3.22. The molecule has 4 atom stereocenters. The number of carboxylic acid groups (broad SMARTS) is 1. The largest absolute Gasteiger partial charge is 0.481 e. The lowest BCUT2D eigenvalue weighted by Gasteiger charge is -2.44. The Morgan fingerprint density at radius 3 is 2.75 bits per heavy atom. The van der Waals surface area contributed by atoms with Crippen LogP contribution in [0.5, 0.6) is 0 Å². The van der Waals surface area contributed by atoms with Crippen molar-refractivity contribution in [2.75, 3.05) is 0 Å². The van der Waals surface area contributed by atoms with E-state index in [1.54, 1.807) is 12.2 Å². The monoisotopic (exact) mass is 222 g/mol. The van der Waals surface area contributed by atoms with E-state index in [-0.39, 0.29) is 5.92 Å². The summed E-state index contributed by atoms with van der Waals surface area (Å²) in [6.07, 6.45) is 4.36. The van der Waals surface area contributed by atoms with E-state index in [1.807, 2.05) is 0 Å². The number of fused-ring (bicyclic) bond motifs is 1. The van der Waals surface area contributed by atoms with Crippen LogP contribution in [0.25, 0.3) is 0 Å². The number of aliphatic carboxylic acids is 1. The third-order valence-corrected chi connectivity index (χ3v) is 4.03. The number of rotatable bonds is 1. The van der Waals surface area contributed by atoms with E-state index in [0.29, 0.717) is 12.8 Å². The summed E-state index contributed by atoms with van der Waals surface area (Å²) in [7, 11) is 0. The summed E-state index contributed by atoms with van der Waals surface area (Å²) in [5.74, 6) is -3.71. The maximum absolute atomic E-state index is 11.6. The van der Waals surface area contributed by atoms with Crippen LogP contribution in [-0.2, 0) is 19.1 Å². The Morgan fingerprint density at radius 2 is 2.19 bits per heavy atom. The Balaban J connectivity index is 2.16. The average Bonchev–Trinajstić information content (AvgIpc) is 2.58. The zero-order valence-corrected chi connectivity index (χ0v) is 8.38. The van der Waals surface area contributed by atoms with Crippen LogP contribution in [-0.4, -0.2) is 23.0 Å². The third kappa shape index (κ3) is 0.887. The maximum atomic E-state index is 11.6. The second-order valence-electron chi connectivity index (χ2n) is 4.65. The van der Waals surface area contributed by atoms with Crippen LogP contribution >= 0.6 is 0 Å². The van der Waals surface area contributed by atoms with Crippen LogP contribution in [0.15, 0.2) is 12.2 Å². The van der Waals surface area contributed by atoms with Gasteiger partial charge in [-0.2, -0.15) is 0 Å². The second kappa shape index (κ2) is 2.72. The smallest absolute Gasteiger partial charge is 0.318 e. The fourth-order valence-electron chi connectivity index (χ4n) is 3.22. The second-order valence-corrected chi connectivity index (χ2v) is 4.65. The van der Waals surface area contributed by atoms with Crippen LogP contribution in [0.2, 0.25) is 0 Å². The molecule has 4 rings (SSSR count). The molecular formula is C11H10O5. The number of cyclic esters (lactones) is 2. The Morgan fingerprint density at radius 1 is 1.44 bits per heavy atom. The predicted octanol–water partition coefficient (Wildman–Crippen LogP) is 0.353. The first-order chi connectivity index (χ1) is 7.56. The van der Waals surface area contributed by atoms with Gasteiger partial charge in [0.2, 0.25) is 0 Å². The number of hydrogen-bond acceptors (Lipinski definition) is 4. The van der Waals surface area contributed by atoms with Gasteiger partial charge in [0.05, 0.1) is 17.3 Å². The number of carbonyl (C=O) groups excluding carboxylic acids is 2. The molecule has 1 saturated heterocycles. The quantitative estimate of drug-likeness (QED) is 0.393. The van der Waals surface area contributed by atoms with Gasteiger partial charge in [-0.3, -0.25) is 14.4 Å². The molecule has 1 heterocycles. The zero-order valence-electron chi connectivity index (χ0n) is 8.38. The van der Waals surface area contributed by atoms with Gasteiger partial charge in [0.25, 0.3) is 0 Å². The van der Waals surface area contributed by atoms with Crippen LogP contribution in [0.3, 0.4) is 0 Å². The fraction of sp³-hybridized carbons (Fsp3) is 0.545. The normalized spacial score (nSPS) is 44.4. The van der Waals surface area contributed by atoms with E-state index < -0.39 is 35.2 Å². The van der Waals surface area contributed by atoms with E-state index in [2.05, 4.69) is 4.74 Å². The van der Waals surface area contributed by atoms with Gasteiger partial charge in [0.1, 0.15) is 0 Å². The van der Waals surface area contributed by atoms with Gasteiger partial charge in [-0.15, -0.1) is 0 Å². The zero-order chi connectivity index (χ0) is 11.5. The molecule has 3 aliphatic carbocycles. The van der Waals surface area contributed by atoms with Crippen LogP contribution in [0, 0.1) is 23.2 Å². The first kappa shape index (κ1) is 9.57. The van der Waals surface area contributed by atoms with Crippen LogP contribution in [0.1, 0.15) is 12.8 Å². The summed E-state index contributed by atoms with van der Waals surface area (Å²) >= 11 is 0. The number of esters is 2. The molecular weight excluding hydrogens is 212 g/mol. The summed E-state index contributed by atoms with van der Waals surface area (Å²) in [5.41, 5.74) is -1.22. The van der Waals surface area contributed by atoms with E-state index in [0.717, 1.165) is 0 Å². The summed E-state index contributed by atoms with van der Waals surface area (Å²) < 4.78 is 4.58. The van der Waals surface area contributed by atoms with Crippen molar-refractivity contribution >= 4 is 17.9 Å². The number of allylic oxidation sites excluding steroid dienone is 1. The van der Waals surface area contributed by atoms with Gasteiger partial charge in [0.15, 0.2) is 0 Å². The molecule has 0 aromatic rings. The Kier molecular flexibility index (Phi) is 1.63. The van der Waals surface area contributed by atoms with E-state index in [1.165, 1.54) is 0 Å². The standard InChI is InChI=1S/C11H10O5/c12-8-6-5-1-3-11(4-2-5,10(14)15)7(6)9(13)16-8/h1,3,5-7H,2,4H2,(H,14,15). The molecule has 0 aromatic heterocycles. The SMILES string of the molecule is O=C1OC(=O)C2C1C1C=CC2(C(=O)O)CC1. The molecule has 5 nitrogen and oxygen atoms in total. The summed E-state index contributed by atoms with van der Waals surface area (Å²) in [4.78, 5) is 34.4. The molecule has 0 amide bonds. The number of hydrogen-bond donors (Lipinski definition) is 1. The molecule has 84 valence electrons. The minimum Gasteiger partial charge on any atom is -0.481 e. The molecule has 1 aliphatic heterocycles. The molecule has 2 bridgehead atoms. The van der Waals surface area contributed by atoms with Crippen molar-refractivity contribution in [2.45, 2.75) is 12.8 Å². The lowest BCUT2D eigenvalue weighted by Crippen LogP contribution is -2.51. The molecule has 0 spiro atoms. The number of carboxylic acids is 1. The number of carbonyl (C=O) groups is 3. The Hall–Kier alpha value is -1.65. The van der Waals surface area contributed by atoms with Crippen molar-refractivity contribution in [1.82, 2.24) is 0 Å². The molecule has 2 fully saturated rings. The van der Waals surface area contributed by atoms with Crippen molar-refractivity contribution in [1.29, 1.82) is 0 Å². The summed E-state index contributed by atoms with van der Waals surface area (Å²) in [5, 5.41) is 9.29. The van der Waals surface area contributed by atoms with Gasteiger partial charge in [-0.05, 0) is 18.8 Å². The van der Waals surface area contributed by atoms with Gasteiger partial charge < -0.3 is 9.84 Å². The molecule has 0 aromatic carbocycles. The van der Waals surface area contributed by atoms with Crippen molar-refractivity contribution < 1.29 is 24.2 Å². The third-order valence-electron chi connectivity index (χ3n) is 4.03. The summed E-state index contributed by atoms with van der Waals surface area (Å²) in [6.45, 7) is 0. The Bertz CT molecular complexity index is 438. The molecule has 4 unspecified atom stereocenters. The highest BCUT2D eigenvalue weighted by Gasteiger charge is 2.64. The summed E-state index contributed by atoms with van der Waals surface area (Å²) in [6, 6.07) is 0. The van der Waals surface area contributed by atoms with Crippen LogP contribution in [0.4, 0.5) is 0 Å². The van der Waals surface area contributed by atoms with Gasteiger partial charge >= 0.3 is 17.9 Å². The lowest BCUT2D eigenvalue weighted by atomic mass is 9.55. The van der Waals surface area contributed by atoms with Crippen molar-refractivity contribution in [3.63, 3.8) is 0 Å². The van der Waals surface area contributed by atoms with E-state index >= 15 is 0 Å². The van der Waals surface area contributed by atoms with Crippen LogP contribution < -0.4 is 0 Å². The molecule has 1 N–H and O–H groups in total. The Labute approximate surface area is 91.1 Å². The first-order valence-electron chi connectivity index (χ1n) is 5.24. The van der Waals surface area contributed by atoms with Gasteiger partial charge in [0, 0.05) is 0 Å². The highest BCUT2D eigenvalue weighted by Crippen LogP contribution is 2.56. The van der Waals surface area contributed by atoms with Crippen molar-refractivity contribution in [2.24, 2.45) is 23.2 Å². The van der Waals surface area contributed by atoms with Gasteiger partial charge in [-0.1, -0.05) is 12.2 Å². The van der Waals surface area contributed by atoms with E-state index in [4.69, 9.17) is 0 Å². The molecule has 16 heavy (non-hydrogen) atoms. The number of ether oxygens (including phenoxy) is 1.